The van der Waals surface area contributed by atoms with Gasteiger partial charge in [0.1, 0.15) is 5.69 Å². The monoisotopic (exact) mass is 531 g/mol. The van der Waals surface area contributed by atoms with Crippen molar-refractivity contribution in [2.45, 2.75) is 26.6 Å². The molecule has 12 heteroatoms. The molecule has 0 unspecified atom stereocenters. The quantitative estimate of drug-likeness (QED) is 0.366. The van der Waals surface area contributed by atoms with Crippen molar-refractivity contribution < 1.29 is 18.0 Å². The van der Waals surface area contributed by atoms with Gasteiger partial charge in [-0.3, -0.25) is 9.48 Å². The molecule has 8 nitrogen and oxygen atoms in total. The summed E-state index contributed by atoms with van der Waals surface area (Å²) >= 11 is 6.05. The Hall–Kier alpha value is -3.70. The van der Waals surface area contributed by atoms with E-state index in [2.05, 4.69) is 20.7 Å². The zero-order chi connectivity index (χ0) is 27.1. The zero-order valence-electron chi connectivity index (χ0n) is 20.9. The second-order valence-corrected chi connectivity index (χ2v) is 9.38. The number of aryl methyl sites for hydroxylation is 2. The predicted molar refractivity (Wildman–Crippen MR) is 135 cm³/mol. The van der Waals surface area contributed by atoms with E-state index in [0.717, 1.165) is 22.9 Å². The highest BCUT2D eigenvalue weighted by molar-refractivity contribution is 6.32. The summed E-state index contributed by atoms with van der Waals surface area (Å²) in [6.45, 7) is 3.95. The van der Waals surface area contributed by atoms with Crippen molar-refractivity contribution in [1.29, 1.82) is 0 Å². The molecule has 0 aliphatic rings. The van der Waals surface area contributed by atoms with Crippen molar-refractivity contribution in [3.05, 3.63) is 75.7 Å². The molecule has 0 atom stereocenters. The number of nitrogens with zero attached hydrogens (tertiary/aromatic N) is 6. The highest BCUT2D eigenvalue weighted by atomic mass is 35.5. The summed E-state index contributed by atoms with van der Waals surface area (Å²) in [5.41, 5.74) is 3.29. The highest BCUT2D eigenvalue weighted by Gasteiger charge is 2.35. The molecule has 1 amide bonds. The van der Waals surface area contributed by atoms with Gasteiger partial charge < -0.3 is 10.2 Å². The molecule has 37 heavy (non-hydrogen) atoms. The van der Waals surface area contributed by atoms with Gasteiger partial charge in [-0.05, 0) is 63.3 Å². The summed E-state index contributed by atoms with van der Waals surface area (Å²) in [6, 6.07) is 7.24. The average molecular weight is 532 g/mol. The van der Waals surface area contributed by atoms with E-state index in [1.807, 2.05) is 20.9 Å². The number of amides is 1. The van der Waals surface area contributed by atoms with Gasteiger partial charge >= 0.3 is 6.18 Å². The number of hydrogen-bond donors (Lipinski definition) is 1. The number of hydrogen-bond acceptors (Lipinski definition) is 5. The predicted octanol–water partition coefficient (Wildman–Crippen LogP) is 5.27. The van der Waals surface area contributed by atoms with Gasteiger partial charge in [-0.25, -0.2) is 4.68 Å². The summed E-state index contributed by atoms with van der Waals surface area (Å²) in [6.07, 6.45) is -1.24. The summed E-state index contributed by atoms with van der Waals surface area (Å²) in [4.78, 5) is 14.8. The van der Waals surface area contributed by atoms with Crippen molar-refractivity contribution in [2.24, 2.45) is 7.05 Å². The number of rotatable bonds is 6. The highest BCUT2D eigenvalue weighted by Crippen LogP contribution is 2.39. The van der Waals surface area contributed by atoms with Gasteiger partial charge in [0, 0.05) is 36.1 Å². The first-order valence-electron chi connectivity index (χ1n) is 11.2. The standard InChI is InChI=1S/C25H25ClF3N7O/c1-14-6-7-16(9-22(14)36-13-21(32-33-36)19-11-30-35(5)15(19)2)24(37)31-18-8-17(12-34(3)4)23(26)20(10-18)25(27,28)29/h6-11,13H,12H2,1-5H3,(H,31,37). The van der Waals surface area contributed by atoms with Gasteiger partial charge in [0.2, 0.25) is 0 Å². The molecule has 0 aliphatic carbocycles. The van der Waals surface area contributed by atoms with E-state index in [9.17, 15) is 18.0 Å². The normalized spacial score (nSPS) is 11.8. The Bertz CT molecular complexity index is 1470. The third kappa shape index (κ3) is 5.52. The maximum absolute atomic E-state index is 13.6. The van der Waals surface area contributed by atoms with E-state index in [-0.39, 0.29) is 28.4 Å². The Morgan fingerprint density at radius 1 is 1.16 bits per heavy atom. The van der Waals surface area contributed by atoms with E-state index in [4.69, 9.17) is 11.6 Å². The van der Waals surface area contributed by atoms with Crippen LogP contribution in [0.25, 0.3) is 16.9 Å². The van der Waals surface area contributed by atoms with Crippen LogP contribution in [-0.2, 0) is 19.8 Å². The summed E-state index contributed by atoms with van der Waals surface area (Å²) in [7, 11) is 5.26. The first-order valence-corrected chi connectivity index (χ1v) is 11.6. The van der Waals surface area contributed by atoms with Crippen molar-refractivity contribution in [3.63, 3.8) is 0 Å². The first kappa shape index (κ1) is 26.4. The number of halogens is 4. The lowest BCUT2D eigenvalue weighted by Gasteiger charge is -2.18. The molecule has 0 radical (unpaired) electrons. The summed E-state index contributed by atoms with van der Waals surface area (Å²) in [5.74, 6) is -0.573. The molecule has 4 rings (SSSR count). The van der Waals surface area contributed by atoms with E-state index >= 15 is 0 Å². The van der Waals surface area contributed by atoms with Crippen LogP contribution in [0.15, 0.2) is 42.7 Å². The number of carbonyl (C=O) groups excluding carboxylic acids is 1. The molecule has 1 N–H and O–H groups in total. The fraction of sp³-hybridized carbons (Fsp3) is 0.280. The van der Waals surface area contributed by atoms with Gasteiger partial charge in [0.05, 0.1) is 28.7 Å². The lowest BCUT2D eigenvalue weighted by molar-refractivity contribution is -0.137. The van der Waals surface area contributed by atoms with Gasteiger partial charge in [-0.1, -0.05) is 22.9 Å². The van der Waals surface area contributed by atoms with Crippen molar-refractivity contribution in [3.8, 4) is 16.9 Å². The minimum atomic E-state index is -4.67. The van der Waals surface area contributed by atoms with Crippen molar-refractivity contribution in [1.82, 2.24) is 29.7 Å². The lowest BCUT2D eigenvalue weighted by Crippen LogP contribution is -2.17. The molecule has 4 aromatic rings. The molecule has 0 spiro atoms. The van der Waals surface area contributed by atoms with E-state index in [1.165, 1.54) is 6.07 Å². The number of nitrogens with one attached hydrogen (secondary N) is 1. The molecule has 2 aromatic heterocycles. The number of alkyl halides is 3. The van der Waals surface area contributed by atoms with Crippen LogP contribution in [0, 0.1) is 13.8 Å². The third-order valence-corrected chi connectivity index (χ3v) is 6.37. The number of carbonyl (C=O) groups is 1. The topological polar surface area (TPSA) is 80.9 Å². The van der Waals surface area contributed by atoms with E-state index in [1.54, 1.807) is 59.0 Å². The molecular formula is C25H25ClF3N7O. The number of benzene rings is 2. The number of aromatic nitrogens is 5. The second-order valence-electron chi connectivity index (χ2n) is 9.00. The Balaban J connectivity index is 1.65. The Kier molecular flexibility index (Phi) is 7.11. The molecule has 0 saturated carbocycles. The molecule has 0 fully saturated rings. The second kappa shape index (κ2) is 9.98. The van der Waals surface area contributed by atoms with Crippen molar-refractivity contribution in [2.75, 3.05) is 19.4 Å². The molecular weight excluding hydrogens is 507 g/mol. The van der Waals surface area contributed by atoms with Crippen LogP contribution in [0.1, 0.15) is 32.7 Å². The van der Waals surface area contributed by atoms with Crippen molar-refractivity contribution >= 4 is 23.2 Å². The smallest absolute Gasteiger partial charge is 0.322 e. The largest absolute Gasteiger partial charge is 0.417 e. The van der Waals surface area contributed by atoms with Crippen LogP contribution < -0.4 is 5.32 Å². The maximum atomic E-state index is 13.6. The van der Waals surface area contributed by atoms with E-state index in [0.29, 0.717) is 11.4 Å². The fourth-order valence-corrected chi connectivity index (χ4v) is 4.15. The van der Waals surface area contributed by atoms with Gasteiger partial charge in [0.25, 0.3) is 5.91 Å². The molecule has 0 aliphatic heterocycles. The van der Waals surface area contributed by atoms with Crippen LogP contribution in [-0.4, -0.2) is 49.7 Å². The summed E-state index contributed by atoms with van der Waals surface area (Å²) < 4.78 is 44.1. The van der Waals surface area contributed by atoms with Crippen LogP contribution in [0.5, 0.6) is 0 Å². The Labute approximate surface area is 216 Å². The molecule has 2 aromatic carbocycles. The third-order valence-electron chi connectivity index (χ3n) is 5.92. The average Bonchev–Trinajstić information content (AvgIpc) is 3.42. The SMILES string of the molecule is Cc1ccc(C(=O)Nc2cc(CN(C)C)c(Cl)c(C(F)(F)F)c2)cc1-n1cc(-c2cnn(C)c2C)nn1. The zero-order valence-corrected chi connectivity index (χ0v) is 21.6. The molecule has 2 heterocycles. The molecule has 0 bridgehead atoms. The van der Waals surface area contributed by atoms with Crippen LogP contribution in [0.3, 0.4) is 0 Å². The lowest BCUT2D eigenvalue weighted by atomic mass is 10.1. The van der Waals surface area contributed by atoms with Gasteiger partial charge in [-0.2, -0.15) is 18.3 Å². The number of anilines is 1. The van der Waals surface area contributed by atoms with E-state index < -0.39 is 17.6 Å². The van der Waals surface area contributed by atoms with Crippen LogP contribution >= 0.6 is 11.6 Å². The van der Waals surface area contributed by atoms with Crippen LogP contribution in [0.4, 0.5) is 18.9 Å². The first-order chi connectivity index (χ1) is 17.3. The Morgan fingerprint density at radius 3 is 2.51 bits per heavy atom. The van der Waals surface area contributed by atoms with Gasteiger partial charge in [-0.15, -0.1) is 5.10 Å². The minimum absolute atomic E-state index is 0.00389. The Morgan fingerprint density at radius 2 is 1.89 bits per heavy atom. The molecule has 0 saturated heterocycles. The minimum Gasteiger partial charge on any atom is -0.322 e. The maximum Gasteiger partial charge on any atom is 0.417 e. The molecule has 194 valence electrons. The van der Waals surface area contributed by atoms with Gasteiger partial charge in [0.15, 0.2) is 0 Å². The fourth-order valence-electron chi connectivity index (χ4n) is 3.87. The summed E-state index contributed by atoms with van der Waals surface area (Å²) in [5, 5.41) is 14.8. The van der Waals surface area contributed by atoms with Crippen LogP contribution in [0.2, 0.25) is 5.02 Å².